The first kappa shape index (κ1) is 31.8. The van der Waals surface area contributed by atoms with Crippen molar-refractivity contribution in [1.82, 2.24) is 10.2 Å². The minimum Gasteiger partial charge on any atom is -0.497 e. The Morgan fingerprint density at radius 3 is 2.24 bits per heavy atom. The molecule has 1 atom stereocenters. The highest BCUT2D eigenvalue weighted by Crippen LogP contribution is 2.28. The Kier molecular flexibility index (Phi) is 11.5. The van der Waals surface area contributed by atoms with Crippen LogP contribution < -0.4 is 19.1 Å². The summed E-state index contributed by atoms with van der Waals surface area (Å²) in [6.07, 6.45) is 1.90. The van der Waals surface area contributed by atoms with Crippen LogP contribution in [0.4, 0.5) is 5.69 Å². The van der Waals surface area contributed by atoms with Crippen LogP contribution in [0.25, 0.3) is 0 Å². The standard InChI is InChI=1S/C30H37N3O6S2/c1-6-31-30(35)22(3)32(20-23-9-8-10-26(19-23)38-4)29(34)21-33(24-11-13-25(14-12-24)39-7-2)41(36,37)28-17-15-27(40-5)16-18-28/h8-19,22H,6-7,20-21H2,1-5H3,(H,31,35)/t22-/m1/s1. The number of thioether (sulfide) groups is 1. The Balaban J connectivity index is 2.04. The Labute approximate surface area is 246 Å². The summed E-state index contributed by atoms with van der Waals surface area (Å²) in [5, 5.41) is 2.75. The molecule has 11 heteroatoms. The highest BCUT2D eigenvalue weighted by atomic mass is 32.2. The van der Waals surface area contributed by atoms with E-state index in [-0.39, 0.29) is 17.3 Å². The summed E-state index contributed by atoms with van der Waals surface area (Å²) in [5.41, 5.74) is 1.03. The number of rotatable bonds is 14. The summed E-state index contributed by atoms with van der Waals surface area (Å²) >= 11 is 1.50. The number of amides is 2. The van der Waals surface area contributed by atoms with Crippen molar-refractivity contribution in [3.63, 3.8) is 0 Å². The van der Waals surface area contributed by atoms with E-state index in [2.05, 4.69) is 5.32 Å². The molecule has 1 N–H and O–H groups in total. The van der Waals surface area contributed by atoms with Gasteiger partial charge in [-0.1, -0.05) is 12.1 Å². The van der Waals surface area contributed by atoms with Crippen molar-refractivity contribution in [1.29, 1.82) is 0 Å². The van der Waals surface area contributed by atoms with E-state index in [4.69, 9.17) is 9.47 Å². The van der Waals surface area contributed by atoms with E-state index in [1.165, 1.54) is 28.8 Å². The topological polar surface area (TPSA) is 105 Å². The van der Waals surface area contributed by atoms with Crippen molar-refractivity contribution < 1.29 is 27.5 Å². The van der Waals surface area contributed by atoms with E-state index < -0.39 is 28.5 Å². The van der Waals surface area contributed by atoms with Gasteiger partial charge in [0.1, 0.15) is 24.1 Å². The van der Waals surface area contributed by atoms with Crippen molar-refractivity contribution in [2.24, 2.45) is 0 Å². The van der Waals surface area contributed by atoms with Gasteiger partial charge in [-0.2, -0.15) is 0 Å². The van der Waals surface area contributed by atoms with Crippen LogP contribution in [0, 0.1) is 0 Å². The van der Waals surface area contributed by atoms with Gasteiger partial charge in [0, 0.05) is 18.0 Å². The number of nitrogens with one attached hydrogen (secondary N) is 1. The molecular weight excluding hydrogens is 562 g/mol. The average molecular weight is 600 g/mol. The second-order valence-electron chi connectivity index (χ2n) is 9.06. The van der Waals surface area contributed by atoms with Crippen LogP contribution in [0.3, 0.4) is 0 Å². The summed E-state index contributed by atoms with van der Waals surface area (Å²) in [5.74, 6) is 0.304. The first-order valence-electron chi connectivity index (χ1n) is 13.2. The highest BCUT2D eigenvalue weighted by Gasteiger charge is 2.32. The molecule has 0 aliphatic rings. The van der Waals surface area contributed by atoms with E-state index in [0.717, 1.165) is 14.8 Å². The van der Waals surface area contributed by atoms with Crippen LogP contribution in [0.15, 0.2) is 82.6 Å². The maximum Gasteiger partial charge on any atom is 0.264 e. The SMILES string of the molecule is CCNC(=O)[C@@H](C)N(Cc1cccc(OC)c1)C(=O)CN(c1ccc(OCC)cc1)S(=O)(=O)c1ccc(SC)cc1. The predicted octanol–water partition coefficient (Wildman–Crippen LogP) is 4.56. The maximum absolute atomic E-state index is 14.0. The van der Waals surface area contributed by atoms with Crippen molar-refractivity contribution in [3.05, 3.63) is 78.4 Å². The van der Waals surface area contributed by atoms with E-state index in [1.54, 1.807) is 75.6 Å². The zero-order valence-corrected chi connectivity index (χ0v) is 25.6. The molecule has 0 aliphatic heterocycles. The van der Waals surface area contributed by atoms with E-state index in [9.17, 15) is 18.0 Å². The van der Waals surface area contributed by atoms with E-state index in [0.29, 0.717) is 30.3 Å². The summed E-state index contributed by atoms with van der Waals surface area (Å²) in [6.45, 7) is 5.68. The third kappa shape index (κ3) is 8.17. The fourth-order valence-electron chi connectivity index (χ4n) is 4.15. The zero-order chi connectivity index (χ0) is 30.0. The van der Waals surface area contributed by atoms with E-state index >= 15 is 0 Å². The minimum absolute atomic E-state index is 0.0492. The largest absolute Gasteiger partial charge is 0.497 e. The van der Waals surface area contributed by atoms with Gasteiger partial charge in [-0.05, 0) is 93.3 Å². The number of hydrogen-bond donors (Lipinski definition) is 1. The molecule has 9 nitrogen and oxygen atoms in total. The fourth-order valence-corrected chi connectivity index (χ4v) is 5.97. The molecule has 0 aromatic heterocycles. The lowest BCUT2D eigenvalue weighted by Crippen LogP contribution is -2.51. The van der Waals surface area contributed by atoms with Crippen LogP contribution in [-0.4, -0.2) is 64.2 Å². The fraction of sp³-hybridized carbons (Fsp3) is 0.333. The van der Waals surface area contributed by atoms with Gasteiger partial charge in [0.05, 0.1) is 24.3 Å². The molecule has 0 fully saturated rings. The molecule has 0 saturated carbocycles. The molecule has 220 valence electrons. The number of carbonyl (C=O) groups is 2. The van der Waals surface area contributed by atoms with Gasteiger partial charge in [-0.25, -0.2) is 8.42 Å². The lowest BCUT2D eigenvalue weighted by Gasteiger charge is -2.32. The number of sulfonamides is 1. The Bertz CT molecular complexity index is 1410. The average Bonchev–Trinajstić information content (AvgIpc) is 2.99. The summed E-state index contributed by atoms with van der Waals surface area (Å²) in [6, 6.07) is 19.3. The maximum atomic E-state index is 14.0. The molecule has 2 amide bonds. The molecule has 3 aromatic carbocycles. The third-order valence-electron chi connectivity index (χ3n) is 6.37. The molecule has 3 rings (SSSR count). The van der Waals surface area contributed by atoms with Gasteiger partial charge >= 0.3 is 0 Å². The minimum atomic E-state index is -4.16. The summed E-state index contributed by atoms with van der Waals surface area (Å²) < 4.78 is 39.9. The monoisotopic (exact) mass is 599 g/mol. The highest BCUT2D eigenvalue weighted by molar-refractivity contribution is 7.98. The zero-order valence-electron chi connectivity index (χ0n) is 24.0. The van der Waals surface area contributed by atoms with E-state index in [1.807, 2.05) is 19.2 Å². The number of hydrogen-bond acceptors (Lipinski definition) is 7. The molecule has 0 heterocycles. The molecule has 0 aliphatic carbocycles. The van der Waals surface area contributed by atoms with Gasteiger partial charge in [-0.15, -0.1) is 11.8 Å². The smallest absolute Gasteiger partial charge is 0.264 e. The quantitative estimate of drug-likeness (QED) is 0.271. The molecule has 41 heavy (non-hydrogen) atoms. The molecule has 0 bridgehead atoms. The number of ether oxygens (including phenoxy) is 2. The first-order valence-corrected chi connectivity index (χ1v) is 15.9. The number of anilines is 1. The number of nitrogens with zero attached hydrogens (tertiary/aromatic N) is 2. The molecule has 0 saturated heterocycles. The molecule has 0 spiro atoms. The lowest BCUT2D eigenvalue weighted by atomic mass is 10.1. The van der Waals surface area contributed by atoms with Gasteiger partial charge in [0.25, 0.3) is 10.0 Å². The van der Waals surface area contributed by atoms with Gasteiger partial charge in [0.2, 0.25) is 11.8 Å². The molecular formula is C30H37N3O6S2. The Morgan fingerprint density at radius 1 is 0.976 bits per heavy atom. The third-order valence-corrected chi connectivity index (χ3v) is 8.90. The number of methoxy groups -OCH3 is 1. The van der Waals surface area contributed by atoms with Crippen LogP contribution in [0.2, 0.25) is 0 Å². The summed E-state index contributed by atoms with van der Waals surface area (Å²) in [7, 11) is -2.61. The van der Waals surface area contributed by atoms with Crippen molar-refractivity contribution >= 4 is 39.3 Å². The first-order chi connectivity index (χ1) is 19.6. The number of carbonyl (C=O) groups excluding carboxylic acids is 2. The lowest BCUT2D eigenvalue weighted by molar-refractivity contribution is -0.139. The van der Waals surface area contributed by atoms with Crippen molar-refractivity contribution in [2.75, 3.05) is 37.4 Å². The van der Waals surface area contributed by atoms with Gasteiger partial charge in [-0.3, -0.25) is 13.9 Å². The number of benzene rings is 3. The van der Waals surface area contributed by atoms with Gasteiger partial charge < -0.3 is 19.7 Å². The van der Waals surface area contributed by atoms with Crippen LogP contribution in [0.5, 0.6) is 11.5 Å². The second kappa shape index (κ2) is 14.8. The molecule has 3 aromatic rings. The normalized spacial score (nSPS) is 11.8. The second-order valence-corrected chi connectivity index (χ2v) is 11.8. The van der Waals surface area contributed by atoms with Crippen molar-refractivity contribution in [2.45, 2.75) is 43.1 Å². The predicted molar refractivity (Wildman–Crippen MR) is 162 cm³/mol. The molecule has 0 radical (unpaired) electrons. The van der Waals surface area contributed by atoms with Gasteiger partial charge in [0.15, 0.2) is 0 Å². The Hall–Kier alpha value is -3.70. The van der Waals surface area contributed by atoms with Crippen LogP contribution in [-0.2, 0) is 26.2 Å². The van der Waals surface area contributed by atoms with Crippen molar-refractivity contribution in [3.8, 4) is 11.5 Å². The van der Waals surface area contributed by atoms with Crippen LogP contribution >= 0.6 is 11.8 Å². The van der Waals surface area contributed by atoms with Crippen LogP contribution in [0.1, 0.15) is 26.3 Å². The Morgan fingerprint density at radius 2 is 1.66 bits per heavy atom. The molecule has 0 unspecified atom stereocenters. The summed E-state index contributed by atoms with van der Waals surface area (Å²) in [4.78, 5) is 29.2. The number of likely N-dealkylation sites (N-methyl/N-ethyl adjacent to an activating group) is 1.